The molecule has 0 saturated carbocycles. The van der Waals surface area contributed by atoms with Crippen molar-refractivity contribution in [3.05, 3.63) is 57.6 Å². The first-order chi connectivity index (χ1) is 9.54. The first-order valence-corrected chi connectivity index (χ1v) is 6.64. The van der Waals surface area contributed by atoms with Crippen LogP contribution in [0.3, 0.4) is 0 Å². The first kappa shape index (κ1) is 13.5. The number of hydrogen-bond donors (Lipinski definition) is 1. The van der Waals surface area contributed by atoms with E-state index < -0.39 is 17.7 Å². The molecule has 6 heteroatoms. The van der Waals surface area contributed by atoms with E-state index in [0.717, 1.165) is 6.07 Å². The number of anilines is 1. The fourth-order valence-electron chi connectivity index (χ4n) is 2.13. The van der Waals surface area contributed by atoms with Gasteiger partial charge in [-0.25, -0.2) is 8.78 Å². The van der Waals surface area contributed by atoms with E-state index in [2.05, 4.69) is 5.32 Å². The van der Waals surface area contributed by atoms with Crippen molar-refractivity contribution in [1.82, 2.24) is 0 Å². The molecule has 1 aliphatic rings. The number of nitrogens with one attached hydrogen (secondary N) is 1. The van der Waals surface area contributed by atoms with Gasteiger partial charge >= 0.3 is 0 Å². The van der Waals surface area contributed by atoms with Crippen molar-refractivity contribution in [3.63, 3.8) is 0 Å². The zero-order chi connectivity index (χ0) is 14.3. The molecule has 104 valence electrons. The lowest BCUT2D eigenvalue weighted by atomic mass is 10.1. The summed E-state index contributed by atoms with van der Waals surface area (Å²) < 4.78 is 32.4. The van der Waals surface area contributed by atoms with Crippen LogP contribution in [0.4, 0.5) is 14.5 Å². The van der Waals surface area contributed by atoms with Gasteiger partial charge in [0.15, 0.2) is 5.75 Å². The quantitative estimate of drug-likeness (QED) is 0.814. The number of halogens is 4. The van der Waals surface area contributed by atoms with Gasteiger partial charge in [0, 0.05) is 16.7 Å². The molecule has 0 saturated heterocycles. The van der Waals surface area contributed by atoms with Gasteiger partial charge in [-0.15, -0.1) is 0 Å². The van der Waals surface area contributed by atoms with Gasteiger partial charge in [-0.2, -0.15) is 0 Å². The molecular weight excluding hydrogens is 307 g/mol. The minimum Gasteiger partial charge on any atom is -0.480 e. The number of ether oxygens (including phenoxy) is 1. The zero-order valence-electron chi connectivity index (χ0n) is 10.1. The summed E-state index contributed by atoms with van der Waals surface area (Å²) in [6.45, 7) is 0.340. The van der Waals surface area contributed by atoms with E-state index in [0.29, 0.717) is 28.0 Å². The van der Waals surface area contributed by atoms with Gasteiger partial charge in [0.2, 0.25) is 0 Å². The van der Waals surface area contributed by atoms with Crippen molar-refractivity contribution in [2.75, 3.05) is 11.9 Å². The second-order valence-electron chi connectivity index (χ2n) is 4.42. The van der Waals surface area contributed by atoms with E-state index >= 15 is 0 Å². The SMILES string of the molecule is Fc1ccc(C2CNc3cc(Cl)cc(Cl)c3O2)c(F)c1. The van der Waals surface area contributed by atoms with Gasteiger partial charge in [-0.05, 0) is 24.3 Å². The van der Waals surface area contributed by atoms with Gasteiger partial charge in [-0.1, -0.05) is 23.2 Å². The Balaban J connectivity index is 1.96. The Morgan fingerprint density at radius 2 is 1.95 bits per heavy atom. The van der Waals surface area contributed by atoms with Crippen molar-refractivity contribution in [3.8, 4) is 5.75 Å². The van der Waals surface area contributed by atoms with E-state index in [1.807, 2.05) is 0 Å². The van der Waals surface area contributed by atoms with E-state index in [9.17, 15) is 8.78 Å². The average molecular weight is 316 g/mol. The maximum Gasteiger partial charge on any atom is 0.162 e. The van der Waals surface area contributed by atoms with Gasteiger partial charge in [-0.3, -0.25) is 0 Å². The molecule has 2 aromatic rings. The van der Waals surface area contributed by atoms with Crippen LogP contribution in [0.1, 0.15) is 11.7 Å². The van der Waals surface area contributed by atoms with Gasteiger partial charge in [0.1, 0.15) is 17.7 Å². The molecule has 1 aliphatic heterocycles. The third-order valence-electron chi connectivity index (χ3n) is 3.06. The van der Waals surface area contributed by atoms with Crippen LogP contribution in [0.2, 0.25) is 10.0 Å². The van der Waals surface area contributed by atoms with E-state index in [1.165, 1.54) is 12.1 Å². The maximum absolute atomic E-state index is 13.8. The lowest BCUT2D eigenvalue weighted by molar-refractivity contribution is 0.205. The van der Waals surface area contributed by atoms with Crippen LogP contribution in [0, 0.1) is 11.6 Å². The zero-order valence-corrected chi connectivity index (χ0v) is 11.6. The number of rotatable bonds is 1. The molecule has 1 N–H and O–H groups in total. The van der Waals surface area contributed by atoms with Gasteiger partial charge in [0.05, 0.1) is 17.3 Å². The summed E-state index contributed by atoms with van der Waals surface area (Å²) in [5, 5.41) is 3.90. The summed E-state index contributed by atoms with van der Waals surface area (Å²) in [5.74, 6) is -0.860. The van der Waals surface area contributed by atoms with Crippen molar-refractivity contribution in [1.29, 1.82) is 0 Å². The van der Waals surface area contributed by atoms with Crippen LogP contribution < -0.4 is 10.1 Å². The molecule has 20 heavy (non-hydrogen) atoms. The summed E-state index contributed by atoms with van der Waals surface area (Å²) in [6.07, 6.45) is -0.582. The molecule has 2 aromatic carbocycles. The average Bonchev–Trinajstić information content (AvgIpc) is 2.38. The summed E-state index contributed by atoms with van der Waals surface area (Å²) >= 11 is 12.0. The Bertz CT molecular complexity index is 678. The Morgan fingerprint density at radius 1 is 1.15 bits per heavy atom. The van der Waals surface area contributed by atoms with Crippen LogP contribution in [0.15, 0.2) is 30.3 Å². The lowest BCUT2D eigenvalue weighted by Gasteiger charge is -2.28. The van der Waals surface area contributed by atoms with Crippen LogP contribution in [0.25, 0.3) is 0 Å². The molecular formula is C14H9Cl2F2NO. The van der Waals surface area contributed by atoms with Gasteiger partial charge in [0.25, 0.3) is 0 Å². The van der Waals surface area contributed by atoms with E-state index in [-0.39, 0.29) is 5.56 Å². The summed E-state index contributed by atoms with van der Waals surface area (Å²) in [5.41, 5.74) is 0.928. The molecule has 2 nitrogen and oxygen atoms in total. The lowest BCUT2D eigenvalue weighted by Crippen LogP contribution is -2.24. The molecule has 0 spiro atoms. The van der Waals surface area contributed by atoms with Crippen molar-refractivity contribution in [2.45, 2.75) is 6.10 Å². The highest BCUT2D eigenvalue weighted by molar-refractivity contribution is 6.36. The third-order valence-corrected chi connectivity index (χ3v) is 3.55. The largest absolute Gasteiger partial charge is 0.480 e. The molecule has 0 aromatic heterocycles. The molecule has 0 bridgehead atoms. The first-order valence-electron chi connectivity index (χ1n) is 5.89. The molecule has 0 aliphatic carbocycles. The fraction of sp³-hybridized carbons (Fsp3) is 0.143. The Morgan fingerprint density at radius 3 is 2.70 bits per heavy atom. The van der Waals surface area contributed by atoms with Crippen LogP contribution in [0.5, 0.6) is 5.75 Å². The van der Waals surface area contributed by atoms with Crippen LogP contribution in [-0.2, 0) is 0 Å². The van der Waals surface area contributed by atoms with Crippen molar-refractivity contribution in [2.24, 2.45) is 0 Å². The summed E-state index contributed by atoms with van der Waals surface area (Å²) in [4.78, 5) is 0. The predicted molar refractivity (Wildman–Crippen MR) is 74.7 cm³/mol. The summed E-state index contributed by atoms with van der Waals surface area (Å²) in [7, 11) is 0. The molecule has 3 rings (SSSR count). The second-order valence-corrected chi connectivity index (χ2v) is 5.26. The topological polar surface area (TPSA) is 21.3 Å². The monoisotopic (exact) mass is 315 g/mol. The highest BCUT2D eigenvalue weighted by atomic mass is 35.5. The fourth-order valence-corrected chi connectivity index (χ4v) is 2.67. The standard InChI is InChI=1S/C14H9Cl2F2NO/c15-7-3-10(16)14-12(4-7)19-6-13(20-14)9-2-1-8(17)5-11(9)18/h1-5,13,19H,6H2. The van der Waals surface area contributed by atoms with E-state index in [1.54, 1.807) is 12.1 Å². The molecule has 1 atom stereocenters. The Labute approximate surface area is 124 Å². The highest BCUT2D eigenvalue weighted by Gasteiger charge is 2.25. The minimum absolute atomic E-state index is 0.274. The predicted octanol–water partition coefficient (Wildman–Crippen LogP) is 4.82. The third kappa shape index (κ3) is 2.41. The van der Waals surface area contributed by atoms with Gasteiger partial charge < -0.3 is 10.1 Å². The maximum atomic E-state index is 13.8. The Kier molecular flexibility index (Phi) is 3.44. The van der Waals surface area contributed by atoms with E-state index in [4.69, 9.17) is 27.9 Å². The molecule has 0 amide bonds. The van der Waals surface area contributed by atoms with Crippen molar-refractivity contribution >= 4 is 28.9 Å². The molecule has 1 unspecified atom stereocenters. The van der Waals surface area contributed by atoms with Crippen molar-refractivity contribution < 1.29 is 13.5 Å². The molecule has 1 heterocycles. The summed E-state index contributed by atoms with van der Waals surface area (Å²) in [6, 6.07) is 6.62. The highest BCUT2D eigenvalue weighted by Crippen LogP contribution is 2.42. The normalized spacial score (nSPS) is 17.1. The Hall–Kier alpha value is -1.52. The molecule has 0 radical (unpaired) electrons. The van der Waals surface area contributed by atoms with Crippen LogP contribution in [-0.4, -0.2) is 6.54 Å². The van der Waals surface area contributed by atoms with Crippen LogP contribution >= 0.6 is 23.2 Å². The smallest absolute Gasteiger partial charge is 0.162 e. The number of hydrogen-bond acceptors (Lipinski definition) is 2. The second kappa shape index (κ2) is 5.11. The number of fused-ring (bicyclic) bond motifs is 1. The number of benzene rings is 2. The minimum atomic E-state index is -0.648. The molecule has 0 fully saturated rings.